The van der Waals surface area contributed by atoms with Gasteiger partial charge in [0.05, 0.1) is 0 Å². The molecular weight excluding hydrogens is 928 g/mol. The first-order chi connectivity index (χ1) is 12.7. The molecule has 0 saturated heterocycles. The molecule has 0 nitrogen and oxygen atoms in total. The summed E-state index contributed by atoms with van der Waals surface area (Å²) in [6.07, 6.45) is 0. The standard InChI is InChI=1S/C16H6Br8S3/c1-3-25-13-5(17)9(21)15(10(22)6(13)18)27-16-11(23)7(19)14(26-4-2)8(20)12(16)24/h3-4H,1-2H2. The molecule has 0 unspecified atom stereocenters. The van der Waals surface area contributed by atoms with Crippen LogP contribution >= 0.6 is 163 Å². The summed E-state index contributed by atoms with van der Waals surface area (Å²) in [4.78, 5) is 4.16. The molecule has 0 amide bonds. The van der Waals surface area contributed by atoms with Gasteiger partial charge in [0.2, 0.25) is 0 Å². The zero-order chi connectivity index (χ0) is 20.5. The van der Waals surface area contributed by atoms with Gasteiger partial charge in [0, 0.05) is 55.4 Å². The zero-order valence-corrected chi connectivity index (χ0v) is 28.0. The van der Waals surface area contributed by atoms with Crippen molar-refractivity contribution < 1.29 is 0 Å². The van der Waals surface area contributed by atoms with E-state index in [1.165, 1.54) is 0 Å². The number of halogens is 8. The van der Waals surface area contributed by atoms with Gasteiger partial charge in [0.1, 0.15) is 0 Å². The second-order valence-electron chi connectivity index (χ2n) is 4.50. The third kappa shape index (κ3) is 5.60. The minimum Gasteiger partial charge on any atom is -0.0962 e. The van der Waals surface area contributed by atoms with Crippen LogP contribution in [0.25, 0.3) is 0 Å². The lowest BCUT2D eigenvalue weighted by Crippen LogP contribution is -1.91. The smallest absolute Gasteiger partial charge is 0.0480 e. The first kappa shape index (κ1) is 26.1. The molecule has 2 aromatic rings. The van der Waals surface area contributed by atoms with Crippen LogP contribution in [0.1, 0.15) is 0 Å². The predicted molar refractivity (Wildman–Crippen MR) is 151 cm³/mol. The first-order valence-corrected chi connectivity index (χ1v) is 15.5. The molecule has 27 heavy (non-hydrogen) atoms. The Balaban J connectivity index is 2.68. The molecule has 11 heteroatoms. The van der Waals surface area contributed by atoms with Crippen molar-refractivity contribution in [2.24, 2.45) is 0 Å². The van der Waals surface area contributed by atoms with Crippen molar-refractivity contribution in [2.45, 2.75) is 19.6 Å². The maximum absolute atomic E-state index is 3.81. The van der Waals surface area contributed by atoms with Gasteiger partial charge in [-0.05, 0) is 138 Å². The topological polar surface area (TPSA) is 0 Å². The van der Waals surface area contributed by atoms with Crippen LogP contribution in [-0.2, 0) is 0 Å². The van der Waals surface area contributed by atoms with Crippen molar-refractivity contribution in [1.82, 2.24) is 0 Å². The predicted octanol–water partition coefficient (Wildman–Crippen LogP) is 12.4. The summed E-state index contributed by atoms with van der Waals surface area (Å²) < 4.78 is 7.71. The lowest BCUT2D eigenvalue weighted by atomic mass is 10.3. The zero-order valence-electron chi connectivity index (χ0n) is 12.8. The van der Waals surface area contributed by atoms with E-state index in [1.807, 2.05) is 0 Å². The molecule has 0 fully saturated rings. The average Bonchev–Trinajstić information content (AvgIpc) is 2.65. The molecule has 2 aromatic carbocycles. The fraction of sp³-hybridized carbons (Fsp3) is 0. The maximum atomic E-state index is 3.81. The number of hydrogen-bond acceptors (Lipinski definition) is 3. The third-order valence-corrected chi connectivity index (χ3v) is 16.4. The second kappa shape index (κ2) is 11.6. The molecule has 0 saturated carbocycles. The largest absolute Gasteiger partial charge is 0.0962 e. The van der Waals surface area contributed by atoms with E-state index in [-0.39, 0.29) is 0 Å². The van der Waals surface area contributed by atoms with Crippen molar-refractivity contribution in [3.63, 3.8) is 0 Å². The highest BCUT2D eigenvalue weighted by molar-refractivity contribution is 9.14. The van der Waals surface area contributed by atoms with Gasteiger partial charge >= 0.3 is 0 Å². The molecule has 0 radical (unpaired) electrons. The molecule has 0 spiro atoms. The third-order valence-electron chi connectivity index (χ3n) is 2.97. The summed E-state index contributed by atoms with van der Waals surface area (Å²) in [5, 5.41) is 3.60. The van der Waals surface area contributed by atoms with Crippen LogP contribution in [0.15, 0.2) is 79.3 Å². The van der Waals surface area contributed by atoms with E-state index < -0.39 is 0 Å². The SMILES string of the molecule is C=CSc1c(Br)c(Br)c(Sc2c(Br)c(Br)c(SC=C)c(Br)c2Br)c(Br)c1Br. The van der Waals surface area contributed by atoms with Gasteiger partial charge in [-0.2, -0.15) is 0 Å². The Bertz CT molecular complexity index is 809. The average molecular weight is 934 g/mol. The number of hydrogen-bond donors (Lipinski definition) is 0. The van der Waals surface area contributed by atoms with Crippen LogP contribution in [0.2, 0.25) is 0 Å². The van der Waals surface area contributed by atoms with E-state index in [0.29, 0.717) is 0 Å². The molecule has 0 bridgehead atoms. The Labute approximate surface area is 238 Å². The summed E-state index contributed by atoms with van der Waals surface area (Å²) in [6, 6.07) is 0. The molecule has 0 heterocycles. The normalized spacial score (nSPS) is 11.0. The van der Waals surface area contributed by atoms with Crippen molar-refractivity contribution >= 4 is 163 Å². The van der Waals surface area contributed by atoms with E-state index in [2.05, 4.69) is 141 Å². The van der Waals surface area contributed by atoms with Crippen LogP contribution < -0.4 is 0 Å². The number of benzene rings is 2. The monoisotopic (exact) mass is 925 g/mol. The van der Waals surface area contributed by atoms with Crippen molar-refractivity contribution in [2.75, 3.05) is 0 Å². The molecule has 0 aliphatic carbocycles. The lowest BCUT2D eigenvalue weighted by Gasteiger charge is -2.18. The van der Waals surface area contributed by atoms with Gasteiger partial charge in [-0.25, -0.2) is 0 Å². The summed E-state index contributed by atoms with van der Waals surface area (Å²) in [7, 11) is 0. The molecule has 0 aliphatic heterocycles. The molecule has 0 atom stereocenters. The summed E-state index contributed by atoms with van der Waals surface area (Å²) >= 11 is 34.4. The molecule has 2 rings (SSSR count). The van der Waals surface area contributed by atoms with Crippen LogP contribution in [0.4, 0.5) is 0 Å². The molecule has 144 valence electrons. The Kier molecular flexibility index (Phi) is 11.2. The fourth-order valence-corrected chi connectivity index (χ4v) is 11.3. The van der Waals surface area contributed by atoms with Crippen LogP contribution in [0.3, 0.4) is 0 Å². The Morgan fingerprint density at radius 3 is 0.889 bits per heavy atom. The van der Waals surface area contributed by atoms with Gasteiger partial charge in [0.25, 0.3) is 0 Å². The molecule has 0 N–H and O–H groups in total. The van der Waals surface area contributed by atoms with Gasteiger partial charge in [-0.1, -0.05) is 48.4 Å². The summed E-state index contributed by atoms with van der Waals surface area (Å²) in [6.45, 7) is 7.61. The van der Waals surface area contributed by atoms with Crippen LogP contribution in [0.5, 0.6) is 0 Å². The van der Waals surface area contributed by atoms with Crippen LogP contribution in [0, 0.1) is 0 Å². The first-order valence-electron chi connectivity index (χ1n) is 6.62. The minimum atomic E-state index is 0.961. The highest BCUT2D eigenvalue weighted by atomic mass is 79.9. The second-order valence-corrected chi connectivity index (χ2v) is 13.8. The Hall–Kier alpha value is 2.81. The molecular formula is C16H6Br8S3. The molecule has 0 aliphatic rings. The van der Waals surface area contributed by atoms with Crippen molar-refractivity contribution in [3.8, 4) is 0 Å². The van der Waals surface area contributed by atoms with Gasteiger partial charge in [-0.15, -0.1) is 0 Å². The van der Waals surface area contributed by atoms with Crippen LogP contribution in [-0.4, -0.2) is 0 Å². The van der Waals surface area contributed by atoms with E-state index in [1.54, 1.807) is 46.1 Å². The van der Waals surface area contributed by atoms with Crippen molar-refractivity contribution in [3.05, 3.63) is 59.8 Å². The number of rotatable bonds is 6. The van der Waals surface area contributed by atoms with E-state index in [4.69, 9.17) is 0 Å². The Morgan fingerprint density at radius 2 is 0.667 bits per heavy atom. The number of thioether (sulfide) groups is 2. The minimum absolute atomic E-state index is 0.961. The lowest BCUT2D eigenvalue weighted by molar-refractivity contribution is 1.17. The van der Waals surface area contributed by atoms with E-state index >= 15 is 0 Å². The van der Waals surface area contributed by atoms with E-state index in [9.17, 15) is 0 Å². The maximum Gasteiger partial charge on any atom is 0.0480 e. The van der Waals surface area contributed by atoms with Gasteiger partial charge in [0.15, 0.2) is 0 Å². The van der Waals surface area contributed by atoms with Gasteiger partial charge < -0.3 is 0 Å². The summed E-state index contributed by atoms with van der Waals surface area (Å²) in [5.41, 5.74) is 0. The highest BCUT2D eigenvalue weighted by Gasteiger charge is 2.24. The van der Waals surface area contributed by atoms with Crippen molar-refractivity contribution in [1.29, 1.82) is 0 Å². The quantitative estimate of drug-likeness (QED) is 0.209. The van der Waals surface area contributed by atoms with E-state index in [0.717, 1.165) is 55.4 Å². The highest BCUT2D eigenvalue weighted by Crippen LogP contribution is 2.56. The van der Waals surface area contributed by atoms with Gasteiger partial charge in [-0.3, -0.25) is 0 Å². The molecule has 0 aromatic heterocycles. The Morgan fingerprint density at radius 1 is 0.444 bits per heavy atom. The fourth-order valence-electron chi connectivity index (χ4n) is 1.84. The summed E-state index contributed by atoms with van der Waals surface area (Å²) in [5.74, 6) is 0.